The number of hydrogen-bond acceptors (Lipinski definition) is 3. The van der Waals surface area contributed by atoms with Gasteiger partial charge in [0.2, 0.25) is 0 Å². The summed E-state index contributed by atoms with van der Waals surface area (Å²) in [5.41, 5.74) is 0.0162. The minimum atomic E-state index is -0.920. The van der Waals surface area contributed by atoms with E-state index in [2.05, 4.69) is 5.32 Å². The first-order valence-electron chi connectivity index (χ1n) is 7.81. The smallest absolute Gasteiger partial charge is 0.407 e. The predicted molar refractivity (Wildman–Crippen MR) is 82.9 cm³/mol. The van der Waals surface area contributed by atoms with Crippen LogP contribution in [0.15, 0.2) is 30.3 Å². The molecule has 3 aliphatic rings. The molecular weight excluding hydrogens is 279 g/mol. The van der Waals surface area contributed by atoms with Crippen molar-refractivity contribution in [1.29, 1.82) is 0 Å². The van der Waals surface area contributed by atoms with E-state index in [1.54, 1.807) is 0 Å². The van der Waals surface area contributed by atoms with Crippen molar-refractivity contribution in [3.8, 4) is 0 Å². The molecule has 1 aromatic rings. The van der Waals surface area contributed by atoms with Crippen molar-refractivity contribution in [3.05, 3.63) is 35.9 Å². The molecule has 5 nitrogen and oxygen atoms in total. The van der Waals surface area contributed by atoms with Gasteiger partial charge < -0.3 is 19.6 Å². The number of nitrogens with one attached hydrogen (secondary N) is 1. The SMILES string of the molecule is [B-][N+]12CCC(CC1)C(O)(CNC(=O)OCc1ccccc1)C2. The van der Waals surface area contributed by atoms with Crippen molar-refractivity contribution < 1.29 is 19.0 Å². The lowest BCUT2D eigenvalue weighted by Crippen LogP contribution is -2.70. The van der Waals surface area contributed by atoms with Gasteiger partial charge >= 0.3 is 6.09 Å². The lowest BCUT2D eigenvalue weighted by atomic mass is 9.72. The molecule has 2 N–H and O–H groups in total. The van der Waals surface area contributed by atoms with E-state index >= 15 is 0 Å². The minimum Gasteiger partial charge on any atom is -0.586 e. The first kappa shape index (κ1) is 15.4. The van der Waals surface area contributed by atoms with Gasteiger partial charge in [0.05, 0.1) is 13.1 Å². The third-order valence-corrected chi connectivity index (χ3v) is 4.95. The largest absolute Gasteiger partial charge is 0.586 e. The second kappa shape index (κ2) is 5.93. The third-order valence-electron chi connectivity index (χ3n) is 4.95. The van der Waals surface area contributed by atoms with Crippen LogP contribution in [0.25, 0.3) is 0 Å². The summed E-state index contributed by atoms with van der Waals surface area (Å²) < 4.78 is 5.58. The maximum Gasteiger partial charge on any atom is 0.407 e. The number of carbonyl (C=O) groups excluding carboxylic acids is 1. The second-order valence-corrected chi connectivity index (χ2v) is 6.62. The number of amides is 1. The van der Waals surface area contributed by atoms with Crippen LogP contribution >= 0.6 is 0 Å². The normalized spacial score (nSPS) is 33.5. The van der Waals surface area contributed by atoms with Gasteiger partial charge in [-0.2, -0.15) is 0 Å². The van der Waals surface area contributed by atoms with E-state index in [4.69, 9.17) is 12.7 Å². The van der Waals surface area contributed by atoms with Crippen molar-refractivity contribution in [1.82, 2.24) is 5.32 Å². The zero-order valence-electron chi connectivity index (χ0n) is 12.7. The highest BCUT2D eigenvalue weighted by Gasteiger charge is 2.48. The zero-order chi connectivity index (χ0) is 15.6. The molecule has 1 aromatic carbocycles. The summed E-state index contributed by atoms with van der Waals surface area (Å²) in [6.45, 7) is 2.74. The molecule has 1 unspecified atom stereocenters. The Balaban J connectivity index is 1.49. The van der Waals surface area contributed by atoms with Crippen molar-refractivity contribution in [2.24, 2.45) is 5.92 Å². The van der Waals surface area contributed by atoms with Gasteiger partial charge in [-0.25, -0.2) is 12.8 Å². The molecule has 0 aliphatic carbocycles. The Labute approximate surface area is 132 Å². The van der Waals surface area contributed by atoms with Crippen molar-refractivity contribution in [2.45, 2.75) is 25.0 Å². The number of ether oxygens (including phenoxy) is 1. The van der Waals surface area contributed by atoms with Crippen LogP contribution in [0.5, 0.6) is 0 Å². The number of rotatable bonds is 4. The van der Waals surface area contributed by atoms with Crippen molar-refractivity contribution in [2.75, 3.05) is 26.2 Å². The number of fused-ring (bicyclic) bond motifs is 3. The summed E-state index contributed by atoms with van der Waals surface area (Å²) in [7, 11) is 6.25. The van der Waals surface area contributed by atoms with Gasteiger partial charge in [-0.3, -0.25) is 0 Å². The second-order valence-electron chi connectivity index (χ2n) is 6.62. The highest BCUT2D eigenvalue weighted by molar-refractivity contribution is 5.97. The number of aliphatic hydroxyl groups is 1. The Bertz CT molecular complexity index is 531. The average molecular weight is 301 g/mol. The van der Waals surface area contributed by atoms with E-state index in [1.807, 2.05) is 30.3 Å². The van der Waals surface area contributed by atoms with E-state index in [9.17, 15) is 9.90 Å². The van der Waals surface area contributed by atoms with Crippen LogP contribution in [0.4, 0.5) is 4.79 Å². The summed E-state index contributed by atoms with van der Waals surface area (Å²) in [6.07, 6.45) is 1.32. The Morgan fingerprint density at radius 2 is 2.05 bits per heavy atom. The van der Waals surface area contributed by atoms with Gasteiger partial charge in [-0.05, 0) is 18.4 Å². The van der Waals surface area contributed by atoms with Crippen LogP contribution in [0.2, 0.25) is 0 Å². The molecular formula is C16H22BN2O3. The van der Waals surface area contributed by atoms with Gasteiger partial charge in [-0.1, -0.05) is 30.3 Å². The zero-order valence-corrected chi connectivity index (χ0v) is 12.7. The van der Waals surface area contributed by atoms with E-state index in [1.165, 1.54) is 0 Å². The van der Waals surface area contributed by atoms with Crippen LogP contribution in [0, 0.1) is 5.92 Å². The molecule has 1 amide bonds. The highest BCUT2D eigenvalue weighted by Crippen LogP contribution is 2.38. The highest BCUT2D eigenvalue weighted by atomic mass is 16.5. The van der Waals surface area contributed by atoms with E-state index in [0.29, 0.717) is 10.9 Å². The third kappa shape index (κ3) is 3.28. The van der Waals surface area contributed by atoms with E-state index < -0.39 is 11.7 Å². The Morgan fingerprint density at radius 1 is 1.36 bits per heavy atom. The molecule has 0 saturated carbocycles. The van der Waals surface area contributed by atoms with Crippen molar-refractivity contribution in [3.63, 3.8) is 0 Å². The van der Waals surface area contributed by atoms with Crippen LogP contribution in [-0.4, -0.2) is 55.4 Å². The van der Waals surface area contributed by atoms with Gasteiger partial charge in [-0.15, -0.1) is 0 Å². The van der Waals surface area contributed by atoms with E-state index in [0.717, 1.165) is 31.5 Å². The molecule has 3 aliphatic heterocycles. The summed E-state index contributed by atoms with van der Waals surface area (Å²) in [6, 6.07) is 9.51. The summed E-state index contributed by atoms with van der Waals surface area (Å²) in [5.74, 6) is 0.213. The standard InChI is InChI=1S/C16H21BN2O3/c17-19-8-6-14(7-9-19)16(21,12-19)11-18-15(20)22-10-13-4-2-1-3-5-13/h1-5,14,21H,6-12H2/q-1/p+1. The molecule has 2 bridgehead atoms. The summed E-state index contributed by atoms with van der Waals surface area (Å²) in [5, 5.41) is 13.5. The average Bonchev–Trinajstić information content (AvgIpc) is 2.52. The molecule has 0 spiro atoms. The lowest BCUT2D eigenvalue weighted by molar-refractivity contribution is -0.846. The molecule has 3 fully saturated rings. The van der Waals surface area contributed by atoms with Crippen LogP contribution in [-0.2, 0) is 11.3 Å². The minimum absolute atomic E-state index is 0.197. The molecule has 3 saturated heterocycles. The Hall–Kier alpha value is -1.53. The fourth-order valence-corrected chi connectivity index (χ4v) is 3.65. The molecule has 117 valence electrons. The number of benzene rings is 1. The fourth-order valence-electron chi connectivity index (χ4n) is 3.65. The van der Waals surface area contributed by atoms with Gasteiger partial charge in [0.25, 0.3) is 0 Å². The number of alkyl carbamates (subject to hydrolysis) is 1. The molecule has 3 radical (unpaired) electrons. The number of nitrogens with zero attached hydrogens (tertiary/aromatic N) is 1. The fraction of sp³-hybridized carbons (Fsp3) is 0.562. The summed E-state index contributed by atoms with van der Waals surface area (Å²) in [4.78, 5) is 11.8. The topological polar surface area (TPSA) is 58.6 Å². The number of quaternary nitrogens is 1. The van der Waals surface area contributed by atoms with E-state index in [-0.39, 0.29) is 19.1 Å². The van der Waals surface area contributed by atoms with Crippen LogP contribution in [0.1, 0.15) is 18.4 Å². The Kier molecular flexibility index (Phi) is 4.15. The monoisotopic (exact) mass is 301 g/mol. The van der Waals surface area contributed by atoms with Gasteiger partial charge in [0.15, 0.2) is 0 Å². The lowest BCUT2D eigenvalue weighted by Gasteiger charge is -2.64. The Morgan fingerprint density at radius 3 is 2.68 bits per heavy atom. The first-order chi connectivity index (χ1) is 10.5. The number of hydrogen-bond donors (Lipinski definition) is 2. The van der Waals surface area contributed by atoms with Crippen LogP contribution < -0.4 is 5.32 Å². The molecule has 4 rings (SSSR count). The number of piperidine rings is 3. The maximum atomic E-state index is 11.8. The van der Waals surface area contributed by atoms with Gasteiger partial charge in [0, 0.05) is 19.0 Å². The molecule has 3 heterocycles. The molecule has 0 aromatic heterocycles. The molecule has 22 heavy (non-hydrogen) atoms. The molecule has 6 heteroatoms. The number of carbonyl (C=O) groups is 1. The predicted octanol–water partition coefficient (Wildman–Crippen LogP) is 0.968. The quantitative estimate of drug-likeness (QED) is 0.815. The first-order valence-corrected chi connectivity index (χ1v) is 7.81. The summed E-state index contributed by atoms with van der Waals surface area (Å²) >= 11 is 0. The van der Waals surface area contributed by atoms with Gasteiger partial charge in [0.1, 0.15) is 12.2 Å². The van der Waals surface area contributed by atoms with Crippen LogP contribution in [0.3, 0.4) is 0 Å². The van der Waals surface area contributed by atoms with Crippen molar-refractivity contribution >= 4 is 14.1 Å². The maximum absolute atomic E-state index is 11.8. The molecule has 1 atom stereocenters.